The van der Waals surface area contributed by atoms with Crippen molar-refractivity contribution in [2.45, 2.75) is 12.8 Å². The SMILES string of the molecule is COc1ccc2[nH]cc(CCN3CCCNCC3)c2c1. The molecule has 0 unspecified atom stereocenters. The van der Waals surface area contributed by atoms with E-state index >= 15 is 0 Å². The number of hydrogen-bond acceptors (Lipinski definition) is 3. The Morgan fingerprint density at radius 1 is 1.25 bits per heavy atom. The maximum absolute atomic E-state index is 5.33. The smallest absolute Gasteiger partial charge is 0.119 e. The van der Waals surface area contributed by atoms with E-state index in [4.69, 9.17) is 4.74 Å². The van der Waals surface area contributed by atoms with Crippen LogP contribution in [0.5, 0.6) is 5.75 Å². The molecule has 1 aliphatic heterocycles. The van der Waals surface area contributed by atoms with E-state index in [2.05, 4.69) is 33.5 Å². The van der Waals surface area contributed by atoms with Crippen molar-refractivity contribution in [3.63, 3.8) is 0 Å². The second-order valence-electron chi connectivity index (χ2n) is 5.42. The highest BCUT2D eigenvalue weighted by Gasteiger charge is 2.10. The predicted molar refractivity (Wildman–Crippen MR) is 82.5 cm³/mol. The lowest BCUT2D eigenvalue weighted by Gasteiger charge is -2.18. The van der Waals surface area contributed by atoms with E-state index in [1.807, 2.05) is 6.07 Å². The lowest BCUT2D eigenvalue weighted by atomic mass is 10.1. The molecule has 0 radical (unpaired) electrons. The Morgan fingerprint density at radius 2 is 2.20 bits per heavy atom. The van der Waals surface area contributed by atoms with Gasteiger partial charge in [-0.1, -0.05) is 0 Å². The van der Waals surface area contributed by atoms with Gasteiger partial charge in [0.2, 0.25) is 0 Å². The van der Waals surface area contributed by atoms with Crippen LogP contribution in [0, 0.1) is 0 Å². The zero-order valence-corrected chi connectivity index (χ0v) is 12.1. The van der Waals surface area contributed by atoms with Crippen LogP contribution in [-0.2, 0) is 6.42 Å². The molecule has 20 heavy (non-hydrogen) atoms. The molecular weight excluding hydrogens is 250 g/mol. The third kappa shape index (κ3) is 2.97. The first-order valence-electron chi connectivity index (χ1n) is 7.44. The van der Waals surface area contributed by atoms with E-state index in [-0.39, 0.29) is 0 Å². The van der Waals surface area contributed by atoms with Gasteiger partial charge >= 0.3 is 0 Å². The Labute approximate surface area is 120 Å². The van der Waals surface area contributed by atoms with Crippen molar-refractivity contribution < 1.29 is 4.74 Å². The fraction of sp³-hybridized carbons (Fsp3) is 0.500. The van der Waals surface area contributed by atoms with Crippen LogP contribution in [0.2, 0.25) is 0 Å². The van der Waals surface area contributed by atoms with Crippen LogP contribution in [0.1, 0.15) is 12.0 Å². The van der Waals surface area contributed by atoms with Crippen molar-refractivity contribution in [1.82, 2.24) is 15.2 Å². The number of aromatic nitrogens is 1. The van der Waals surface area contributed by atoms with Crippen molar-refractivity contribution >= 4 is 10.9 Å². The fourth-order valence-electron chi connectivity index (χ4n) is 2.90. The summed E-state index contributed by atoms with van der Waals surface area (Å²) in [4.78, 5) is 5.91. The van der Waals surface area contributed by atoms with Gasteiger partial charge in [-0.2, -0.15) is 0 Å². The van der Waals surface area contributed by atoms with E-state index in [1.165, 1.54) is 29.4 Å². The van der Waals surface area contributed by atoms with E-state index < -0.39 is 0 Å². The number of benzene rings is 1. The van der Waals surface area contributed by atoms with Gasteiger partial charge in [0.1, 0.15) is 5.75 Å². The minimum Gasteiger partial charge on any atom is -0.497 e. The fourth-order valence-corrected chi connectivity index (χ4v) is 2.90. The molecule has 0 atom stereocenters. The highest BCUT2D eigenvalue weighted by molar-refractivity contribution is 5.84. The largest absolute Gasteiger partial charge is 0.497 e. The summed E-state index contributed by atoms with van der Waals surface area (Å²) >= 11 is 0. The first kappa shape index (κ1) is 13.5. The summed E-state index contributed by atoms with van der Waals surface area (Å²) in [6.07, 6.45) is 4.48. The molecule has 0 spiro atoms. The van der Waals surface area contributed by atoms with Gasteiger partial charge in [-0.05, 0) is 49.7 Å². The molecule has 4 nitrogen and oxygen atoms in total. The number of fused-ring (bicyclic) bond motifs is 1. The maximum Gasteiger partial charge on any atom is 0.119 e. The van der Waals surface area contributed by atoms with Gasteiger partial charge in [0.15, 0.2) is 0 Å². The van der Waals surface area contributed by atoms with Crippen LogP contribution in [-0.4, -0.2) is 49.7 Å². The normalized spacial score (nSPS) is 17.2. The number of ether oxygens (including phenoxy) is 1. The van der Waals surface area contributed by atoms with E-state index in [1.54, 1.807) is 7.11 Å². The van der Waals surface area contributed by atoms with Crippen molar-refractivity contribution in [3.05, 3.63) is 30.0 Å². The predicted octanol–water partition coefficient (Wildman–Crippen LogP) is 2.01. The van der Waals surface area contributed by atoms with Crippen LogP contribution in [0.15, 0.2) is 24.4 Å². The summed E-state index contributed by atoms with van der Waals surface area (Å²) in [6.45, 7) is 5.76. The van der Waals surface area contributed by atoms with E-state index in [9.17, 15) is 0 Å². The Hall–Kier alpha value is -1.52. The number of methoxy groups -OCH3 is 1. The number of nitrogens with zero attached hydrogens (tertiary/aromatic N) is 1. The molecule has 1 saturated heterocycles. The number of aromatic amines is 1. The molecule has 0 aliphatic carbocycles. The summed E-state index contributed by atoms with van der Waals surface area (Å²) in [5.74, 6) is 0.928. The van der Waals surface area contributed by atoms with Gasteiger partial charge in [0, 0.05) is 36.7 Å². The molecule has 2 aromatic rings. The van der Waals surface area contributed by atoms with Gasteiger partial charge in [-0.3, -0.25) is 0 Å². The zero-order valence-electron chi connectivity index (χ0n) is 12.1. The maximum atomic E-state index is 5.33. The topological polar surface area (TPSA) is 40.3 Å². The molecule has 108 valence electrons. The Balaban J connectivity index is 1.70. The van der Waals surface area contributed by atoms with Gasteiger partial charge in [-0.25, -0.2) is 0 Å². The zero-order chi connectivity index (χ0) is 13.8. The molecule has 1 fully saturated rings. The molecule has 0 saturated carbocycles. The molecule has 1 aliphatic rings. The van der Waals surface area contributed by atoms with Crippen molar-refractivity contribution in [3.8, 4) is 5.75 Å². The van der Waals surface area contributed by atoms with Gasteiger partial charge < -0.3 is 19.9 Å². The van der Waals surface area contributed by atoms with Crippen molar-refractivity contribution in [2.75, 3.05) is 39.8 Å². The third-order valence-electron chi connectivity index (χ3n) is 4.10. The molecule has 3 rings (SSSR count). The summed E-state index contributed by atoms with van der Waals surface area (Å²) in [6, 6.07) is 6.22. The van der Waals surface area contributed by atoms with Crippen molar-refractivity contribution in [2.24, 2.45) is 0 Å². The van der Waals surface area contributed by atoms with E-state index in [0.29, 0.717) is 0 Å². The van der Waals surface area contributed by atoms with Gasteiger partial charge in [0.05, 0.1) is 7.11 Å². The number of hydrogen-bond donors (Lipinski definition) is 2. The minimum absolute atomic E-state index is 0.928. The molecule has 0 bridgehead atoms. The van der Waals surface area contributed by atoms with Crippen molar-refractivity contribution in [1.29, 1.82) is 0 Å². The quantitative estimate of drug-likeness (QED) is 0.895. The molecule has 1 aromatic carbocycles. The minimum atomic E-state index is 0.928. The first-order chi connectivity index (χ1) is 9.86. The summed E-state index contributed by atoms with van der Waals surface area (Å²) < 4.78 is 5.33. The summed E-state index contributed by atoms with van der Waals surface area (Å²) in [5.41, 5.74) is 2.58. The second kappa shape index (κ2) is 6.29. The third-order valence-corrected chi connectivity index (χ3v) is 4.10. The standard InChI is InChI=1S/C16H23N3O/c1-20-14-3-4-16-15(11-14)13(12-18-16)5-9-19-8-2-6-17-7-10-19/h3-4,11-12,17-18H,2,5-10H2,1H3. The number of nitrogens with one attached hydrogen (secondary N) is 2. The summed E-state index contributed by atoms with van der Waals surface area (Å²) in [5, 5.41) is 4.74. The van der Waals surface area contributed by atoms with Crippen LogP contribution in [0.25, 0.3) is 10.9 Å². The average Bonchev–Trinajstić information content (AvgIpc) is 2.70. The van der Waals surface area contributed by atoms with E-state index in [0.717, 1.165) is 38.3 Å². The average molecular weight is 273 g/mol. The Bertz CT molecular complexity index is 556. The molecule has 2 N–H and O–H groups in total. The van der Waals surface area contributed by atoms with Crippen LogP contribution in [0.4, 0.5) is 0 Å². The monoisotopic (exact) mass is 273 g/mol. The van der Waals surface area contributed by atoms with Gasteiger partial charge in [-0.15, -0.1) is 0 Å². The first-order valence-corrected chi connectivity index (χ1v) is 7.44. The molecule has 4 heteroatoms. The molecule has 2 heterocycles. The number of H-pyrrole nitrogens is 1. The highest BCUT2D eigenvalue weighted by atomic mass is 16.5. The molecular formula is C16H23N3O. The van der Waals surface area contributed by atoms with Crippen LogP contribution >= 0.6 is 0 Å². The lowest BCUT2D eigenvalue weighted by molar-refractivity contribution is 0.296. The Morgan fingerprint density at radius 3 is 3.10 bits per heavy atom. The lowest BCUT2D eigenvalue weighted by Crippen LogP contribution is -2.30. The highest BCUT2D eigenvalue weighted by Crippen LogP contribution is 2.24. The Kier molecular flexibility index (Phi) is 4.23. The molecule has 0 amide bonds. The van der Waals surface area contributed by atoms with Crippen LogP contribution in [0.3, 0.4) is 0 Å². The number of rotatable bonds is 4. The van der Waals surface area contributed by atoms with Gasteiger partial charge in [0.25, 0.3) is 0 Å². The van der Waals surface area contributed by atoms with Crippen LogP contribution < -0.4 is 10.1 Å². The summed E-state index contributed by atoms with van der Waals surface area (Å²) in [7, 11) is 1.72. The molecule has 1 aromatic heterocycles. The second-order valence-corrected chi connectivity index (χ2v) is 5.42.